The summed E-state index contributed by atoms with van der Waals surface area (Å²) in [6.07, 6.45) is 0. The number of hydrogen-bond donors (Lipinski definition) is 1. The van der Waals surface area contributed by atoms with Crippen LogP contribution in [-0.4, -0.2) is 36.9 Å². The molecule has 0 aliphatic heterocycles. The van der Waals surface area contributed by atoms with Crippen LogP contribution in [0.15, 0.2) is 27.6 Å². The number of halogens is 1. The Morgan fingerprint density at radius 1 is 1.44 bits per heavy atom. The molecule has 0 aliphatic carbocycles. The van der Waals surface area contributed by atoms with Crippen molar-refractivity contribution < 1.29 is 18.3 Å². The van der Waals surface area contributed by atoms with Crippen molar-refractivity contribution in [3.05, 3.63) is 28.2 Å². The molecule has 1 aromatic rings. The third kappa shape index (κ3) is 2.73. The molecule has 1 atom stereocenters. The Balaban J connectivity index is 3.30. The molecule has 0 spiro atoms. The molecule has 1 unspecified atom stereocenters. The van der Waals surface area contributed by atoms with E-state index in [1.807, 2.05) is 0 Å². The molecule has 1 aromatic carbocycles. The molecule has 18 heavy (non-hydrogen) atoms. The van der Waals surface area contributed by atoms with Gasteiger partial charge in [0.25, 0.3) is 0 Å². The predicted molar refractivity (Wildman–Crippen MR) is 70.9 cm³/mol. The van der Waals surface area contributed by atoms with Crippen LogP contribution in [0.25, 0.3) is 0 Å². The largest absolute Gasteiger partial charge is 0.480 e. The molecule has 0 heterocycles. The average Bonchev–Trinajstić information content (AvgIpc) is 2.30. The van der Waals surface area contributed by atoms with Crippen molar-refractivity contribution in [1.29, 1.82) is 0 Å². The number of aryl methyl sites for hydroxylation is 1. The van der Waals surface area contributed by atoms with Crippen LogP contribution in [0.3, 0.4) is 0 Å². The van der Waals surface area contributed by atoms with Gasteiger partial charge in [-0.3, -0.25) is 4.79 Å². The number of carboxylic acid groups (broad SMARTS) is 1. The Bertz CT molecular complexity index is 570. The highest BCUT2D eigenvalue weighted by Gasteiger charge is 2.30. The number of benzene rings is 1. The van der Waals surface area contributed by atoms with E-state index in [0.29, 0.717) is 4.47 Å². The van der Waals surface area contributed by atoms with Gasteiger partial charge in [-0.1, -0.05) is 12.1 Å². The summed E-state index contributed by atoms with van der Waals surface area (Å²) in [6.45, 7) is 3.09. The summed E-state index contributed by atoms with van der Waals surface area (Å²) in [5.41, 5.74) is 0.771. The Morgan fingerprint density at radius 2 is 2.00 bits per heavy atom. The first kappa shape index (κ1) is 15.1. The molecular weight excluding hydrogens is 322 g/mol. The fraction of sp³-hybridized carbons (Fsp3) is 0.364. The minimum atomic E-state index is -3.83. The maximum Gasteiger partial charge on any atom is 0.321 e. The molecule has 0 bridgehead atoms. The molecule has 0 radical (unpaired) electrons. The number of likely N-dealkylation sites (N-methyl/N-ethyl adjacent to an activating group) is 1. The summed E-state index contributed by atoms with van der Waals surface area (Å²) in [5, 5.41) is 8.87. The van der Waals surface area contributed by atoms with E-state index in [1.165, 1.54) is 20.0 Å². The highest BCUT2D eigenvalue weighted by molar-refractivity contribution is 9.10. The number of carbonyl (C=O) groups is 1. The Morgan fingerprint density at radius 3 is 2.50 bits per heavy atom. The number of carboxylic acids is 1. The number of nitrogens with zero attached hydrogens (tertiary/aromatic N) is 1. The lowest BCUT2D eigenvalue weighted by Gasteiger charge is -2.22. The number of sulfonamides is 1. The summed E-state index contributed by atoms with van der Waals surface area (Å²) >= 11 is 3.22. The van der Waals surface area contributed by atoms with Gasteiger partial charge in [0, 0.05) is 11.5 Å². The Hall–Kier alpha value is -0.920. The zero-order valence-electron chi connectivity index (χ0n) is 10.2. The van der Waals surface area contributed by atoms with Gasteiger partial charge in [-0.25, -0.2) is 8.42 Å². The first-order valence-corrected chi connectivity index (χ1v) is 7.39. The number of rotatable bonds is 4. The molecular formula is C11H14BrNO4S. The van der Waals surface area contributed by atoms with Crippen molar-refractivity contribution in [2.45, 2.75) is 24.8 Å². The lowest BCUT2D eigenvalue weighted by Crippen LogP contribution is -2.40. The maximum absolute atomic E-state index is 12.3. The van der Waals surface area contributed by atoms with Gasteiger partial charge in [-0.05, 0) is 41.4 Å². The van der Waals surface area contributed by atoms with Gasteiger partial charge in [-0.15, -0.1) is 0 Å². The molecule has 100 valence electrons. The first-order valence-electron chi connectivity index (χ1n) is 5.15. The average molecular weight is 336 g/mol. The van der Waals surface area contributed by atoms with Crippen LogP contribution in [0.4, 0.5) is 0 Å². The van der Waals surface area contributed by atoms with Crippen molar-refractivity contribution in [3.8, 4) is 0 Å². The number of aliphatic carboxylic acids is 1. The van der Waals surface area contributed by atoms with Crippen LogP contribution in [0.5, 0.6) is 0 Å². The fourth-order valence-corrected chi connectivity index (χ4v) is 3.67. The zero-order valence-corrected chi connectivity index (χ0v) is 12.6. The summed E-state index contributed by atoms with van der Waals surface area (Å²) in [7, 11) is -2.58. The summed E-state index contributed by atoms with van der Waals surface area (Å²) < 4.78 is 25.9. The monoisotopic (exact) mass is 335 g/mol. The second kappa shape index (κ2) is 5.38. The molecule has 7 heteroatoms. The molecule has 0 aliphatic rings. The van der Waals surface area contributed by atoms with E-state index in [1.54, 1.807) is 19.1 Å². The molecule has 1 rings (SSSR count). The third-order valence-corrected chi connectivity index (χ3v) is 6.00. The molecule has 0 amide bonds. The minimum absolute atomic E-state index is 0.0677. The van der Waals surface area contributed by atoms with Crippen LogP contribution < -0.4 is 0 Å². The van der Waals surface area contributed by atoms with Crippen molar-refractivity contribution >= 4 is 31.9 Å². The van der Waals surface area contributed by atoms with Gasteiger partial charge >= 0.3 is 5.97 Å². The molecule has 5 nitrogen and oxygen atoms in total. The summed E-state index contributed by atoms with van der Waals surface area (Å²) in [4.78, 5) is 10.9. The molecule has 0 aromatic heterocycles. The van der Waals surface area contributed by atoms with Crippen LogP contribution in [0, 0.1) is 6.92 Å². The highest BCUT2D eigenvalue weighted by Crippen LogP contribution is 2.28. The lowest BCUT2D eigenvalue weighted by atomic mass is 10.2. The molecule has 0 saturated heterocycles. The van der Waals surface area contributed by atoms with Gasteiger partial charge in [-0.2, -0.15) is 4.31 Å². The van der Waals surface area contributed by atoms with Crippen LogP contribution >= 0.6 is 15.9 Å². The van der Waals surface area contributed by atoms with Gasteiger partial charge in [0.2, 0.25) is 10.0 Å². The quantitative estimate of drug-likeness (QED) is 0.911. The molecule has 0 saturated carbocycles. The van der Waals surface area contributed by atoms with E-state index >= 15 is 0 Å². The summed E-state index contributed by atoms with van der Waals surface area (Å²) in [6, 6.07) is 3.70. The first-order chi connectivity index (χ1) is 8.19. The van der Waals surface area contributed by atoms with Crippen molar-refractivity contribution in [1.82, 2.24) is 4.31 Å². The molecule has 0 fully saturated rings. The second-order valence-electron chi connectivity index (χ2n) is 3.92. The van der Waals surface area contributed by atoms with E-state index in [9.17, 15) is 13.2 Å². The molecule has 1 N–H and O–H groups in total. The highest BCUT2D eigenvalue weighted by atomic mass is 79.9. The predicted octanol–water partition coefficient (Wildman–Crippen LogP) is 1.85. The second-order valence-corrected chi connectivity index (χ2v) is 6.68. The van der Waals surface area contributed by atoms with E-state index in [0.717, 1.165) is 9.87 Å². The van der Waals surface area contributed by atoms with Crippen molar-refractivity contribution in [2.75, 3.05) is 7.05 Å². The number of hydrogen-bond acceptors (Lipinski definition) is 3. The Kier molecular flexibility index (Phi) is 4.52. The van der Waals surface area contributed by atoms with Crippen molar-refractivity contribution in [2.24, 2.45) is 0 Å². The van der Waals surface area contributed by atoms with E-state index in [2.05, 4.69) is 15.9 Å². The van der Waals surface area contributed by atoms with E-state index in [-0.39, 0.29) is 4.90 Å². The fourth-order valence-electron chi connectivity index (χ4n) is 1.34. The normalized spacial score (nSPS) is 13.6. The minimum Gasteiger partial charge on any atom is -0.480 e. The Labute approximate surface area is 115 Å². The lowest BCUT2D eigenvalue weighted by molar-refractivity contribution is -0.140. The van der Waals surface area contributed by atoms with Crippen LogP contribution in [0.2, 0.25) is 0 Å². The smallest absolute Gasteiger partial charge is 0.321 e. The topological polar surface area (TPSA) is 74.7 Å². The standard InChI is InChI=1S/C11H14BrNO4S/c1-7-5-4-6-9(10(7)12)18(16,17)13(3)8(2)11(14)15/h4-6,8H,1-3H3,(H,14,15). The zero-order chi connectivity index (χ0) is 14.1. The van der Waals surface area contributed by atoms with E-state index < -0.39 is 22.0 Å². The van der Waals surface area contributed by atoms with Crippen molar-refractivity contribution in [3.63, 3.8) is 0 Å². The van der Waals surface area contributed by atoms with Gasteiger partial charge in [0.15, 0.2) is 0 Å². The summed E-state index contributed by atoms with van der Waals surface area (Å²) in [5.74, 6) is -1.19. The van der Waals surface area contributed by atoms with Crippen LogP contribution in [0.1, 0.15) is 12.5 Å². The van der Waals surface area contributed by atoms with E-state index in [4.69, 9.17) is 5.11 Å². The van der Waals surface area contributed by atoms with Crippen LogP contribution in [-0.2, 0) is 14.8 Å². The maximum atomic E-state index is 12.3. The van der Waals surface area contributed by atoms with Gasteiger partial charge in [0.05, 0.1) is 4.90 Å². The van der Waals surface area contributed by atoms with Gasteiger partial charge in [0.1, 0.15) is 6.04 Å². The third-order valence-electron chi connectivity index (χ3n) is 2.72. The van der Waals surface area contributed by atoms with Gasteiger partial charge < -0.3 is 5.11 Å². The SMILES string of the molecule is Cc1cccc(S(=O)(=O)N(C)C(C)C(=O)O)c1Br.